The quantitative estimate of drug-likeness (QED) is 0.902. The maximum atomic E-state index is 12.8. The number of anilines is 1. The lowest BCUT2D eigenvalue weighted by Gasteiger charge is -2.23. The third-order valence-electron chi connectivity index (χ3n) is 4.56. The molecule has 0 radical (unpaired) electrons. The lowest BCUT2D eigenvalue weighted by molar-refractivity contribution is -0.131. The van der Waals surface area contributed by atoms with E-state index in [1.54, 1.807) is 0 Å². The van der Waals surface area contributed by atoms with E-state index in [9.17, 15) is 9.59 Å². The molecule has 1 aromatic carbocycles. The average Bonchev–Trinajstić information content (AvgIpc) is 3.24. The number of benzene rings is 1. The Labute approximate surface area is 148 Å². The first-order valence-electron chi connectivity index (χ1n) is 8.81. The average molecular weight is 340 g/mol. The topological polar surface area (TPSA) is 62.6 Å². The van der Waals surface area contributed by atoms with E-state index in [-0.39, 0.29) is 17.9 Å². The summed E-state index contributed by atoms with van der Waals surface area (Å²) in [6, 6.07) is 11.5. The van der Waals surface area contributed by atoms with E-state index >= 15 is 0 Å². The lowest BCUT2D eigenvalue weighted by Crippen LogP contribution is -2.31. The Morgan fingerprint density at radius 1 is 1.20 bits per heavy atom. The van der Waals surface area contributed by atoms with Crippen molar-refractivity contribution in [2.24, 2.45) is 0 Å². The van der Waals surface area contributed by atoms with Crippen molar-refractivity contribution >= 4 is 17.5 Å². The summed E-state index contributed by atoms with van der Waals surface area (Å²) in [5, 5.41) is 2.73. The van der Waals surface area contributed by atoms with Crippen molar-refractivity contribution in [3.63, 3.8) is 0 Å². The molecule has 1 aromatic heterocycles. The van der Waals surface area contributed by atoms with Gasteiger partial charge in [0.2, 0.25) is 11.8 Å². The van der Waals surface area contributed by atoms with Crippen molar-refractivity contribution in [3.8, 4) is 0 Å². The van der Waals surface area contributed by atoms with Crippen molar-refractivity contribution in [2.45, 2.75) is 45.6 Å². The van der Waals surface area contributed by atoms with Gasteiger partial charge in [-0.25, -0.2) is 0 Å². The van der Waals surface area contributed by atoms with Crippen LogP contribution in [0, 0.1) is 0 Å². The highest BCUT2D eigenvalue weighted by molar-refractivity contribution is 5.88. The van der Waals surface area contributed by atoms with Crippen LogP contribution in [0.2, 0.25) is 0 Å². The van der Waals surface area contributed by atoms with Gasteiger partial charge in [0.25, 0.3) is 0 Å². The Hall–Kier alpha value is -2.56. The monoisotopic (exact) mass is 340 g/mol. The third-order valence-corrected chi connectivity index (χ3v) is 4.56. The van der Waals surface area contributed by atoms with Crippen LogP contribution in [0.3, 0.4) is 0 Å². The van der Waals surface area contributed by atoms with Crippen molar-refractivity contribution in [3.05, 3.63) is 53.5 Å². The fourth-order valence-corrected chi connectivity index (χ4v) is 3.31. The van der Waals surface area contributed by atoms with Crippen LogP contribution in [-0.2, 0) is 22.4 Å². The largest absolute Gasteiger partial charge is 0.464 e. The first-order valence-corrected chi connectivity index (χ1v) is 8.81. The number of aryl methyl sites for hydroxylation is 1. The molecule has 1 aliphatic heterocycles. The van der Waals surface area contributed by atoms with Gasteiger partial charge in [0.05, 0.1) is 12.5 Å². The van der Waals surface area contributed by atoms with Crippen LogP contribution in [0.5, 0.6) is 0 Å². The van der Waals surface area contributed by atoms with E-state index in [1.165, 1.54) is 6.92 Å². The van der Waals surface area contributed by atoms with Gasteiger partial charge in [-0.3, -0.25) is 9.59 Å². The van der Waals surface area contributed by atoms with Gasteiger partial charge in [0, 0.05) is 25.6 Å². The summed E-state index contributed by atoms with van der Waals surface area (Å²) in [6.07, 6.45) is 3.17. The second kappa shape index (κ2) is 7.55. The molecule has 5 heteroatoms. The number of likely N-dealkylation sites (tertiary alicyclic amines) is 1. The Balaban J connectivity index is 1.66. The van der Waals surface area contributed by atoms with Gasteiger partial charge in [0.15, 0.2) is 0 Å². The second-order valence-corrected chi connectivity index (χ2v) is 6.46. The number of hydrogen-bond donors (Lipinski definition) is 1. The summed E-state index contributed by atoms with van der Waals surface area (Å²) in [4.78, 5) is 25.7. The molecule has 1 atom stereocenters. The molecule has 0 spiro atoms. The first-order chi connectivity index (χ1) is 12.1. The minimum Gasteiger partial charge on any atom is -0.464 e. The van der Waals surface area contributed by atoms with Gasteiger partial charge >= 0.3 is 0 Å². The van der Waals surface area contributed by atoms with Crippen LogP contribution in [0.15, 0.2) is 40.8 Å². The van der Waals surface area contributed by atoms with E-state index in [0.717, 1.165) is 48.6 Å². The van der Waals surface area contributed by atoms with Crippen LogP contribution < -0.4 is 5.32 Å². The van der Waals surface area contributed by atoms with Crippen molar-refractivity contribution < 1.29 is 14.0 Å². The van der Waals surface area contributed by atoms with Crippen molar-refractivity contribution in [2.75, 3.05) is 11.9 Å². The van der Waals surface area contributed by atoms with Crippen LogP contribution in [-0.4, -0.2) is 23.3 Å². The number of furan rings is 1. The van der Waals surface area contributed by atoms with Crippen LogP contribution in [0.25, 0.3) is 0 Å². The van der Waals surface area contributed by atoms with Gasteiger partial charge in [-0.05, 0) is 42.7 Å². The van der Waals surface area contributed by atoms with E-state index in [0.29, 0.717) is 6.42 Å². The summed E-state index contributed by atoms with van der Waals surface area (Å²) in [7, 11) is 0. The molecular formula is C20H24N2O3. The van der Waals surface area contributed by atoms with E-state index in [2.05, 4.69) is 12.2 Å². The van der Waals surface area contributed by atoms with E-state index < -0.39 is 0 Å². The summed E-state index contributed by atoms with van der Waals surface area (Å²) in [5.74, 6) is 1.87. The Morgan fingerprint density at radius 2 is 1.96 bits per heavy atom. The fourth-order valence-electron chi connectivity index (χ4n) is 3.31. The zero-order valence-corrected chi connectivity index (χ0v) is 14.7. The van der Waals surface area contributed by atoms with E-state index in [4.69, 9.17) is 4.42 Å². The second-order valence-electron chi connectivity index (χ2n) is 6.46. The molecule has 0 bridgehead atoms. The highest BCUT2D eigenvalue weighted by atomic mass is 16.3. The molecule has 0 saturated carbocycles. The molecule has 2 heterocycles. The van der Waals surface area contributed by atoms with Crippen LogP contribution >= 0.6 is 0 Å². The number of carbonyl (C=O) groups excluding carboxylic acids is 2. The summed E-state index contributed by atoms with van der Waals surface area (Å²) >= 11 is 0. The lowest BCUT2D eigenvalue weighted by atomic mass is 10.1. The Morgan fingerprint density at radius 3 is 2.60 bits per heavy atom. The normalized spacial score (nSPS) is 16.9. The highest BCUT2D eigenvalue weighted by Crippen LogP contribution is 2.33. The number of hydrogen-bond acceptors (Lipinski definition) is 3. The molecule has 5 nitrogen and oxygen atoms in total. The Bertz CT molecular complexity index is 749. The predicted octanol–water partition coefficient (Wildman–Crippen LogP) is 3.71. The van der Waals surface area contributed by atoms with Crippen molar-refractivity contribution in [1.82, 2.24) is 4.90 Å². The molecule has 2 aromatic rings. The zero-order chi connectivity index (χ0) is 17.8. The minimum atomic E-state index is -0.103. The summed E-state index contributed by atoms with van der Waals surface area (Å²) < 4.78 is 5.87. The third kappa shape index (κ3) is 4.10. The van der Waals surface area contributed by atoms with Crippen LogP contribution in [0.4, 0.5) is 5.69 Å². The molecular weight excluding hydrogens is 316 g/mol. The van der Waals surface area contributed by atoms with Gasteiger partial charge in [-0.1, -0.05) is 19.1 Å². The summed E-state index contributed by atoms with van der Waals surface area (Å²) in [5.41, 5.74) is 1.68. The molecule has 3 rings (SSSR count). The number of nitrogens with zero attached hydrogens (tertiary/aromatic N) is 1. The zero-order valence-electron chi connectivity index (χ0n) is 14.7. The molecule has 1 fully saturated rings. The highest BCUT2D eigenvalue weighted by Gasteiger charge is 2.31. The first kappa shape index (κ1) is 17.3. The van der Waals surface area contributed by atoms with E-state index in [1.807, 2.05) is 41.3 Å². The molecule has 1 aliphatic rings. The molecule has 1 N–H and O–H groups in total. The van der Waals surface area contributed by atoms with Gasteiger partial charge in [0.1, 0.15) is 11.5 Å². The maximum Gasteiger partial charge on any atom is 0.227 e. The number of nitrogens with one attached hydrogen (secondary N) is 1. The molecule has 2 amide bonds. The standard InChI is InChI=1S/C20H24N2O3/c1-3-17-10-11-19(25-17)18-5-4-12-22(18)20(24)13-15-6-8-16(9-7-15)21-14(2)23/h6-11,18H,3-5,12-13H2,1-2H3,(H,21,23)/t18-/m1/s1. The molecule has 0 aliphatic carbocycles. The number of rotatable bonds is 5. The fraction of sp³-hybridized carbons (Fsp3) is 0.400. The number of carbonyl (C=O) groups is 2. The number of amides is 2. The SMILES string of the molecule is CCc1ccc([C@H]2CCCN2C(=O)Cc2ccc(NC(C)=O)cc2)o1. The van der Waals surface area contributed by atoms with Gasteiger partial charge in [-0.15, -0.1) is 0 Å². The predicted molar refractivity (Wildman–Crippen MR) is 96.2 cm³/mol. The van der Waals surface area contributed by atoms with Gasteiger partial charge < -0.3 is 14.6 Å². The Kier molecular flexibility index (Phi) is 5.22. The van der Waals surface area contributed by atoms with Gasteiger partial charge in [-0.2, -0.15) is 0 Å². The molecule has 132 valence electrons. The van der Waals surface area contributed by atoms with Crippen LogP contribution in [0.1, 0.15) is 49.8 Å². The molecule has 25 heavy (non-hydrogen) atoms. The van der Waals surface area contributed by atoms with Crippen molar-refractivity contribution in [1.29, 1.82) is 0 Å². The molecule has 0 unspecified atom stereocenters. The maximum absolute atomic E-state index is 12.8. The minimum absolute atomic E-state index is 0.0476. The summed E-state index contributed by atoms with van der Waals surface area (Å²) in [6.45, 7) is 4.31. The smallest absolute Gasteiger partial charge is 0.227 e. The molecule has 1 saturated heterocycles.